The number of fused-ring (bicyclic) bond motifs is 1. The third-order valence-corrected chi connectivity index (χ3v) is 5.77. The zero-order valence-electron chi connectivity index (χ0n) is 17.1. The van der Waals surface area contributed by atoms with Crippen LogP contribution in [0.2, 0.25) is 0 Å². The van der Waals surface area contributed by atoms with Crippen LogP contribution in [0.4, 0.5) is 8.78 Å². The Morgan fingerprint density at radius 3 is 2.61 bits per heavy atom. The fourth-order valence-corrected chi connectivity index (χ4v) is 4.08. The van der Waals surface area contributed by atoms with Gasteiger partial charge in [0, 0.05) is 18.0 Å². The molecule has 2 aromatic carbocycles. The van der Waals surface area contributed by atoms with Crippen molar-refractivity contribution in [1.29, 1.82) is 0 Å². The Labute approximate surface area is 178 Å². The summed E-state index contributed by atoms with van der Waals surface area (Å²) in [5.74, 6) is -1.26. The molecule has 164 valence electrons. The first-order valence-electron chi connectivity index (χ1n) is 10.4. The number of piperidine rings is 1. The second-order valence-corrected chi connectivity index (χ2v) is 8.03. The van der Waals surface area contributed by atoms with Crippen LogP contribution < -0.4 is 10.3 Å². The molecule has 1 aromatic heterocycles. The number of aliphatic hydroxyl groups is 1. The van der Waals surface area contributed by atoms with Gasteiger partial charge in [-0.2, -0.15) is 5.10 Å². The smallest absolute Gasteiger partial charge is 0.272 e. The Morgan fingerprint density at radius 1 is 1.13 bits per heavy atom. The molecule has 1 unspecified atom stereocenters. The van der Waals surface area contributed by atoms with E-state index in [9.17, 15) is 18.7 Å². The number of ether oxygens (including phenoxy) is 1. The molecular weight excluding hydrogens is 404 g/mol. The van der Waals surface area contributed by atoms with Gasteiger partial charge in [0.2, 0.25) is 0 Å². The van der Waals surface area contributed by atoms with E-state index in [2.05, 4.69) is 15.1 Å². The van der Waals surface area contributed by atoms with Gasteiger partial charge in [0.25, 0.3) is 5.56 Å². The molecule has 0 radical (unpaired) electrons. The van der Waals surface area contributed by atoms with Gasteiger partial charge in [-0.3, -0.25) is 4.79 Å². The Bertz CT molecular complexity index is 1100. The molecule has 1 fully saturated rings. The van der Waals surface area contributed by atoms with E-state index in [1.807, 2.05) is 24.3 Å². The van der Waals surface area contributed by atoms with Crippen molar-refractivity contribution in [2.45, 2.75) is 25.4 Å². The van der Waals surface area contributed by atoms with E-state index in [4.69, 9.17) is 4.74 Å². The third-order valence-electron chi connectivity index (χ3n) is 5.77. The number of likely N-dealkylation sites (tertiary alicyclic amines) is 1. The lowest BCUT2D eigenvalue weighted by atomic mass is 9.90. The normalized spacial score (nSPS) is 16.5. The minimum Gasteiger partial charge on any atom is -0.491 e. The first-order valence-corrected chi connectivity index (χ1v) is 10.4. The van der Waals surface area contributed by atoms with Crippen molar-refractivity contribution < 1.29 is 18.6 Å². The standard InChI is InChI=1S/C23H25F2N3O3/c24-20-6-5-17(12-21(20)25)31-14-16(29)13-28-9-7-15(8-10-28)11-22-18-3-1-2-4-19(18)23(30)27-26-22/h1-6,12,15-16,29H,7-11,13-14H2,(H,27,30). The number of halogens is 2. The zero-order chi connectivity index (χ0) is 21.8. The molecule has 8 heteroatoms. The molecule has 31 heavy (non-hydrogen) atoms. The zero-order valence-corrected chi connectivity index (χ0v) is 17.1. The van der Waals surface area contributed by atoms with Gasteiger partial charge in [0.1, 0.15) is 18.5 Å². The van der Waals surface area contributed by atoms with Crippen LogP contribution in [0, 0.1) is 17.6 Å². The molecule has 0 amide bonds. The van der Waals surface area contributed by atoms with Crippen LogP contribution in [0.5, 0.6) is 5.75 Å². The fourth-order valence-electron chi connectivity index (χ4n) is 4.08. The van der Waals surface area contributed by atoms with Crippen LogP contribution >= 0.6 is 0 Å². The number of rotatable bonds is 7. The minimum absolute atomic E-state index is 0.0122. The van der Waals surface area contributed by atoms with Gasteiger partial charge >= 0.3 is 0 Å². The number of nitrogens with zero attached hydrogens (tertiary/aromatic N) is 2. The predicted octanol–water partition coefficient (Wildman–Crippen LogP) is 2.90. The lowest BCUT2D eigenvalue weighted by molar-refractivity contribution is 0.0549. The van der Waals surface area contributed by atoms with Crippen molar-refractivity contribution in [2.75, 3.05) is 26.2 Å². The topological polar surface area (TPSA) is 78.5 Å². The summed E-state index contributed by atoms with van der Waals surface area (Å²) >= 11 is 0. The Morgan fingerprint density at radius 2 is 1.87 bits per heavy atom. The highest BCUT2D eigenvalue weighted by Gasteiger charge is 2.23. The van der Waals surface area contributed by atoms with Crippen LogP contribution in [0.3, 0.4) is 0 Å². The van der Waals surface area contributed by atoms with Crippen molar-refractivity contribution in [3.8, 4) is 5.75 Å². The van der Waals surface area contributed by atoms with E-state index in [1.165, 1.54) is 6.07 Å². The first kappa shape index (κ1) is 21.4. The second-order valence-electron chi connectivity index (χ2n) is 8.03. The average Bonchev–Trinajstić information content (AvgIpc) is 2.78. The third kappa shape index (κ3) is 5.26. The van der Waals surface area contributed by atoms with Crippen molar-refractivity contribution in [3.63, 3.8) is 0 Å². The van der Waals surface area contributed by atoms with E-state index in [0.29, 0.717) is 17.8 Å². The summed E-state index contributed by atoms with van der Waals surface area (Å²) in [6.07, 6.45) is 2.00. The maximum atomic E-state index is 13.2. The molecule has 2 N–H and O–H groups in total. The van der Waals surface area contributed by atoms with E-state index in [1.54, 1.807) is 0 Å². The van der Waals surface area contributed by atoms with Crippen LogP contribution in [-0.4, -0.2) is 52.5 Å². The Kier molecular flexibility index (Phi) is 6.58. The van der Waals surface area contributed by atoms with Crippen molar-refractivity contribution in [1.82, 2.24) is 15.1 Å². The lowest BCUT2D eigenvalue weighted by Crippen LogP contribution is -2.41. The van der Waals surface area contributed by atoms with Gasteiger partial charge in [0.15, 0.2) is 11.6 Å². The first-order chi connectivity index (χ1) is 15.0. The molecule has 0 spiro atoms. The number of benzene rings is 2. The van der Waals surface area contributed by atoms with Crippen molar-refractivity contribution in [3.05, 3.63) is 70.1 Å². The van der Waals surface area contributed by atoms with Crippen LogP contribution in [0.15, 0.2) is 47.3 Å². The molecule has 1 atom stereocenters. The Hall–Kier alpha value is -2.84. The van der Waals surface area contributed by atoms with Gasteiger partial charge in [-0.25, -0.2) is 13.9 Å². The summed E-state index contributed by atoms with van der Waals surface area (Å²) in [4.78, 5) is 14.1. The van der Waals surface area contributed by atoms with Crippen molar-refractivity contribution >= 4 is 10.8 Å². The molecule has 1 saturated heterocycles. The summed E-state index contributed by atoms with van der Waals surface area (Å²) in [6.45, 7) is 2.15. The number of hydrogen-bond donors (Lipinski definition) is 2. The van der Waals surface area contributed by atoms with E-state index >= 15 is 0 Å². The molecule has 3 aromatic rings. The summed E-state index contributed by atoms with van der Waals surface area (Å²) in [5.41, 5.74) is 0.738. The lowest BCUT2D eigenvalue weighted by Gasteiger charge is -2.33. The number of nitrogens with one attached hydrogen (secondary N) is 1. The molecule has 1 aliphatic rings. The van der Waals surface area contributed by atoms with Gasteiger partial charge in [-0.1, -0.05) is 18.2 Å². The van der Waals surface area contributed by atoms with Gasteiger partial charge < -0.3 is 14.7 Å². The highest BCUT2D eigenvalue weighted by Crippen LogP contribution is 2.24. The molecule has 2 heterocycles. The average molecular weight is 429 g/mol. The molecule has 6 nitrogen and oxygen atoms in total. The minimum atomic E-state index is -0.973. The van der Waals surface area contributed by atoms with E-state index in [-0.39, 0.29) is 17.9 Å². The number of H-pyrrole nitrogens is 1. The molecule has 0 saturated carbocycles. The highest BCUT2D eigenvalue weighted by molar-refractivity contribution is 5.83. The summed E-state index contributed by atoms with van der Waals surface area (Å²) < 4.78 is 31.6. The van der Waals surface area contributed by atoms with Crippen LogP contribution in [0.1, 0.15) is 18.5 Å². The Balaban J connectivity index is 1.26. The number of aromatic amines is 1. The van der Waals surface area contributed by atoms with Crippen LogP contribution in [0.25, 0.3) is 10.8 Å². The molecular formula is C23H25F2N3O3. The van der Waals surface area contributed by atoms with Gasteiger partial charge in [-0.05, 0) is 56.5 Å². The van der Waals surface area contributed by atoms with E-state index in [0.717, 1.165) is 55.6 Å². The van der Waals surface area contributed by atoms with Crippen molar-refractivity contribution in [2.24, 2.45) is 5.92 Å². The second kappa shape index (κ2) is 9.53. The molecule has 0 aliphatic carbocycles. The molecule has 4 rings (SSSR count). The quantitative estimate of drug-likeness (QED) is 0.604. The van der Waals surface area contributed by atoms with Gasteiger partial charge in [0.05, 0.1) is 11.1 Å². The van der Waals surface area contributed by atoms with Crippen LogP contribution in [-0.2, 0) is 6.42 Å². The number of aliphatic hydroxyl groups excluding tert-OH is 1. The predicted molar refractivity (Wildman–Crippen MR) is 113 cm³/mol. The summed E-state index contributed by atoms with van der Waals surface area (Å²) in [7, 11) is 0. The fraction of sp³-hybridized carbons (Fsp3) is 0.391. The highest BCUT2D eigenvalue weighted by atomic mass is 19.2. The monoisotopic (exact) mass is 429 g/mol. The molecule has 0 bridgehead atoms. The number of hydrogen-bond acceptors (Lipinski definition) is 5. The summed E-state index contributed by atoms with van der Waals surface area (Å²) in [5, 5.41) is 18.7. The summed E-state index contributed by atoms with van der Waals surface area (Å²) in [6, 6.07) is 10.8. The molecule has 1 aliphatic heterocycles. The van der Waals surface area contributed by atoms with Gasteiger partial charge in [-0.15, -0.1) is 0 Å². The maximum Gasteiger partial charge on any atom is 0.272 e. The maximum absolute atomic E-state index is 13.2. The largest absolute Gasteiger partial charge is 0.491 e. The number of β-amino-alcohol motifs (C(OH)–C–C–N with tert-alkyl or cyclic N) is 1. The number of aromatic nitrogens is 2. The SMILES string of the molecule is O=c1[nH]nc(CC2CCN(CC(O)COc3ccc(F)c(F)c3)CC2)c2ccccc12. The van der Waals surface area contributed by atoms with E-state index < -0.39 is 17.7 Å².